The molecule has 1 aliphatic heterocycles. The molecule has 2 N–H and O–H groups in total. The molecule has 3 aromatic rings. The zero-order valence-corrected chi connectivity index (χ0v) is 14.1. The molecular weight excluding hydrogens is 347 g/mol. The van der Waals surface area contributed by atoms with Gasteiger partial charge in [-0.3, -0.25) is 14.8 Å². The van der Waals surface area contributed by atoms with Crippen molar-refractivity contribution in [1.82, 2.24) is 5.48 Å². The zero-order chi connectivity index (χ0) is 19.0. The van der Waals surface area contributed by atoms with Gasteiger partial charge in [-0.05, 0) is 41.0 Å². The molecule has 0 unspecified atom stereocenters. The molecular formula is C21H15FN2O3. The number of amides is 2. The van der Waals surface area contributed by atoms with E-state index < -0.39 is 11.7 Å². The fourth-order valence-corrected chi connectivity index (χ4v) is 3.28. The van der Waals surface area contributed by atoms with Gasteiger partial charge in [0.15, 0.2) is 0 Å². The van der Waals surface area contributed by atoms with Crippen LogP contribution in [0.2, 0.25) is 0 Å². The summed E-state index contributed by atoms with van der Waals surface area (Å²) in [4.78, 5) is 25.7. The average molecular weight is 362 g/mol. The van der Waals surface area contributed by atoms with Crippen LogP contribution in [0.5, 0.6) is 0 Å². The van der Waals surface area contributed by atoms with Crippen LogP contribution in [0.3, 0.4) is 0 Å². The van der Waals surface area contributed by atoms with Crippen molar-refractivity contribution in [3.05, 3.63) is 89.2 Å². The highest BCUT2D eigenvalue weighted by Crippen LogP contribution is 2.36. The lowest BCUT2D eigenvalue weighted by Gasteiger charge is -2.33. The van der Waals surface area contributed by atoms with Crippen LogP contribution in [0.25, 0.3) is 11.1 Å². The number of carbonyl (C=O) groups excluding carboxylic acids is 2. The Hall–Kier alpha value is -3.51. The lowest BCUT2D eigenvalue weighted by Crippen LogP contribution is -2.41. The monoisotopic (exact) mass is 362 g/mol. The van der Waals surface area contributed by atoms with Gasteiger partial charge in [-0.25, -0.2) is 9.87 Å². The number of hydroxylamine groups is 1. The molecule has 1 aliphatic rings. The second-order valence-corrected chi connectivity index (χ2v) is 6.21. The first-order valence-electron chi connectivity index (χ1n) is 8.33. The summed E-state index contributed by atoms with van der Waals surface area (Å²) < 4.78 is 13.7. The van der Waals surface area contributed by atoms with Gasteiger partial charge in [0.2, 0.25) is 0 Å². The number of rotatable bonds is 4. The third-order valence-electron chi connectivity index (χ3n) is 4.60. The molecule has 1 heterocycles. The lowest BCUT2D eigenvalue weighted by atomic mass is 9.95. The van der Waals surface area contributed by atoms with Crippen LogP contribution < -0.4 is 10.4 Å². The highest BCUT2D eigenvalue weighted by atomic mass is 19.1. The number of fused-ring (bicyclic) bond motifs is 1. The number of nitrogens with one attached hydrogen (secondary N) is 1. The number of hydrogen-bond donors (Lipinski definition) is 2. The van der Waals surface area contributed by atoms with Crippen molar-refractivity contribution >= 4 is 17.5 Å². The van der Waals surface area contributed by atoms with Gasteiger partial charge in [0.25, 0.3) is 11.8 Å². The van der Waals surface area contributed by atoms with Crippen molar-refractivity contribution in [2.24, 2.45) is 0 Å². The predicted octanol–water partition coefficient (Wildman–Crippen LogP) is 3.77. The van der Waals surface area contributed by atoms with E-state index in [0.29, 0.717) is 16.8 Å². The number of nitrogens with zero attached hydrogens (tertiary/aromatic N) is 1. The molecule has 0 spiro atoms. The molecule has 134 valence electrons. The molecule has 6 heteroatoms. The van der Waals surface area contributed by atoms with Gasteiger partial charge < -0.3 is 4.90 Å². The molecule has 0 radical (unpaired) electrons. The van der Waals surface area contributed by atoms with Crippen LogP contribution in [-0.2, 0) is 6.54 Å². The largest absolute Gasteiger partial charge is 0.303 e. The number of anilines is 1. The maximum atomic E-state index is 13.7. The van der Waals surface area contributed by atoms with E-state index in [9.17, 15) is 14.0 Å². The summed E-state index contributed by atoms with van der Waals surface area (Å²) >= 11 is 0. The summed E-state index contributed by atoms with van der Waals surface area (Å²) in [5, 5.41) is 9.00. The Morgan fingerprint density at radius 3 is 2.56 bits per heavy atom. The highest BCUT2D eigenvalue weighted by Gasteiger charge is 2.35. The Bertz CT molecular complexity index is 1050. The van der Waals surface area contributed by atoms with Crippen LogP contribution in [-0.4, -0.2) is 17.0 Å². The molecule has 3 aromatic carbocycles. The van der Waals surface area contributed by atoms with Gasteiger partial charge in [-0.2, -0.15) is 0 Å². The fourth-order valence-electron chi connectivity index (χ4n) is 3.28. The molecule has 2 amide bonds. The summed E-state index contributed by atoms with van der Waals surface area (Å²) in [6.07, 6.45) is 0. The third kappa shape index (κ3) is 2.86. The van der Waals surface area contributed by atoms with Crippen LogP contribution in [0.1, 0.15) is 26.3 Å². The van der Waals surface area contributed by atoms with Crippen molar-refractivity contribution in [1.29, 1.82) is 0 Å². The minimum absolute atomic E-state index is 0.108. The van der Waals surface area contributed by atoms with E-state index in [1.165, 1.54) is 11.0 Å². The van der Waals surface area contributed by atoms with Crippen molar-refractivity contribution in [2.45, 2.75) is 6.54 Å². The molecule has 4 rings (SSSR count). The Morgan fingerprint density at radius 1 is 1.04 bits per heavy atom. The van der Waals surface area contributed by atoms with Crippen molar-refractivity contribution in [3.63, 3.8) is 0 Å². The second kappa shape index (κ2) is 6.66. The van der Waals surface area contributed by atoms with Crippen molar-refractivity contribution in [3.8, 4) is 11.1 Å². The van der Waals surface area contributed by atoms with E-state index >= 15 is 0 Å². The van der Waals surface area contributed by atoms with Crippen LogP contribution in [0.4, 0.5) is 10.1 Å². The first-order chi connectivity index (χ1) is 13.1. The zero-order valence-electron chi connectivity index (χ0n) is 14.1. The summed E-state index contributed by atoms with van der Waals surface area (Å²) in [7, 11) is 0. The van der Waals surface area contributed by atoms with E-state index in [-0.39, 0.29) is 18.0 Å². The number of hydrogen-bond acceptors (Lipinski definition) is 3. The fraction of sp³-hybridized carbons (Fsp3) is 0.0476. The number of carbonyl (C=O) groups is 2. The van der Waals surface area contributed by atoms with Crippen LogP contribution in [0.15, 0.2) is 66.7 Å². The first-order valence-corrected chi connectivity index (χ1v) is 8.33. The van der Waals surface area contributed by atoms with Crippen molar-refractivity contribution in [2.75, 3.05) is 4.90 Å². The molecule has 0 aliphatic carbocycles. The molecule has 0 bridgehead atoms. The number of benzene rings is 3. The molecule has 0 aromatic heterocycles. The topological polar surface area (TPSA) is 69.6 Å². The molecule has 5 nitrogen and oxygen atoms in total. The third-order valence-corrected chi connectivity index (χ3v) is 4.60. The molecule has 0 fully saturated rings. The Labute approximate surface area is 154 Å². The SMILES string of the molecule is O=C(NO)c1ccc(CN2C(=O)c3c(F)cccc32)cc1-c1ccccc1. The van der Waals surface area contributed by atoms with Crippen molar-refractivity contribution < 1.29 is 19.2 Å². The summed E-state index contributed by atoms with van der Waals surface area (Å²) in [6.45, 7) is 0.260. The average Bonchev–Trinajstić information content (AvgIpc) is 2.71. The lowest BCUT2D eigenvalue weighted by molar-refractivity contribution is 0.0707. The van der Waals surface area contributed by atoms with E-state index in [2.05, 4.69) is 0 Å². The van der Waals surface area contributed by atoms with Crippen LogP contribution in [0, 0.1) is 5.82 Å². The van der Waals surface area contributed by atoms with Gasteiger partial charge in [0, 0.05) is 5.56 Å². The molecule has 0 saturated carbocycles. The standard InChI is InChI=1S/C21H15FN2O3/c22-17-7-4-8-18-19(17)21(26)24(18)12-13-9-10-15(20(25)23-27)16(11-13)14-5-2-1-3-6-14/h1-11,27H,12H2,(H,23,25). The Kier molecular flexibility index (Phi) is 4.18. The summed E-state index contributed by atoms with van der Waals surface area (Å²) in [5.41, 5.74) is 4.85. The second-order valence-electron chi connectivity index (χ2n) is 6.21. The molecule has 0 saturated heterocycles. The van der Waals surface area contributed by atoms with Gasteiger partial charge in [0.1, 0.15) is 5.82 Å². The van der Waals surface area contributed by atoms with Gasteiger partial charge >= 0.3 is 0 Å². The van der Waals surface area contributed by atoms with E-state index in [4.69, 9.17) is 5.21 Å². The van der Waals surface area contributed by atoms with E-state index in [0.717, 1.165) is 11.1 Å². The first kappa shape index (κ1) is 16.9. The normalized spacial score (nSPS) is 12.4. The van der Waals surface area contributed by atoms with Crippen LogP contribution >= 0.6 is 0 Å². The molecule has 27 heavy (non-hydrogen) atoms. The Balaban J connectivity index is 1.71. The quantitative estimate of drug-likeness (QED) is 0.548. The minimum Gasteiger partial charge on any atom is -0.303 e. The highest BCUT2D eigenvalue weighted by molar-refractivity contribution is 6.19. The summed E-state index contributed by atoms with van der Waals surface area (Å²) in [5.74, 6) is -1.50. The maximum absolute atomic E-state index is 13.7. The minimum atomic E-state index is -0.618. The Morgan fingerprint density at radius 2 is 1.81 bits per heavy atom. The predicted molar refractivity (Wildman–Crippen MR) is 98.0 cm³/mol. The van der Waals surface area contributed by atoms with E-state index in [1.54, 1.807) is 35.8 Å². The maximum Gasteiger partial charge on any atom is 0.275 e. The van der Waals surface area contributed by atoms with Gasteiger partial charge in [-0.15, -0.1) is 0 Å². The molecule has 0 atom stereocenters. The van der Waals surface area contributed by atoms with Gasteiger partial charge in [0.05, 0.1) is 17.8 Å². The smallest absolute Gasteiger partial charge is 0.275 e. The number of halogens is 1. The van der Waals surface area contributed by atoms with E-state index in [1.807, 2.05) is 30.3 Å². The van der Waals surface area contributed by atoms with Gasteiger partial charge in [-0.1, -0.05) is 42.5 Å². The summed E-state index contributed by atoms with van der Waals surface area (Å²) in [6, 6.07) is 18.9.